The molecule has 0 fully saturated rings. The van der Waals surface area contributed by atoms with Gasteiger partial charge in [0.05, 0.1) is 38.5 Å². The van der Waals surface area contributed by atoms with Crippen LogP contribution in [0.1, 0.15) is 29.4 Å². The number of benzene rings is 2. The second-order valence-electron chi connectivity index (χ2n) is 6.80. The number of rotatable bonds is 9. The average molecular weight is 445 g/mol. The highest BCUT2D eigenvalue weighted by Gasteiger charge is 2.21. The van der Waals surface area contributed by atoms with Gasteiger partial charge in [-0.3, -0.25) is 4.79 Å². The Labute approximate surface area is 186 Å². The highest BCUT2D eigenvalue weighted by molar-refractivity contribution is 6.33. The predicted molar refractivity (Wildman–Crippen MR) is 118 cm³/mol. The van der Waals surface area contributed by atoms with Gasteiger partial charge in [0.2, 0.25) is 5.75 Å². The fraction of sp³-hybridized carbons (Fsp3) is 0.304. The molecule has 0 N–H and O–H groups in total. The van der Waals surface area contributed by atoms with E-state index in [1.54, 1.807) is 68.7 Å². The molecule has 0 aliphatic heterocycles. The molecule has 164 valence electrons. The number of methoxy groups -OCH3 is 3. The third-order valence-electron chi connectivity index (χ3n) is 4.75. The van der Waals surface area contributed by atoms with Gasteiger partial charge in [-0.15, -0.1) is 0 Å². The van der Waals surface area contributed by atoms with Gasteiger partial charge in [0.15, 0.2) is 17.3 Å². The molecule has 0 atom stereocenters. The summed E-state index contributed by atoms with van der Waals surface area (Å²) in [6, 6.07) is 12.4. The summed E-state index contributed by atoms with van der Waals surface area (Å²) in [4.78, 5) is 14.7. The molecule has 0 aliphatic rings. The topological polar surface area (TPSA) is 74.0 Å². The van der Waals surface area contributed by atoms with Crippen LogP contribution < -0.4 is 14.2 Å². The summed E-state index contributed by atoms with van der Waals surface area (Å²) >= 11 is 6.22. The molecule has 1 aromatic heterocycles. The normalized spacial score (nSPS) is 10.6. The molecule has 0 bridgehead atoms. The number of nitrogens with zero attached hydrogens (tertiary/aromatic N) is 2. The molecular formula is C23H25ClN2O5. The fourth-order valence-electron chi connectivity index (χ4n) is 3.27. The van der Waals surface area contributed by atoms with E-state index in [0.29, 0.717) is 57.9 Å². The Morgan fingerprint density at radius 1 is 1.06 bits per heavy atom. The van der Waals surface area contributed by atoms with Crippen molar-refractivity contribution >= 4 is 17.5 Å². The number of carbonyl (C=O) groups is 1. The predicted octanol–water partition coefficient (Wildman–Crippen LogP) is 5.07. The molecule has 1 heterocycles. The lowest BCUT2D eigenvalue weighted by atomic mass is 10.1. The summed E-state index contributed by atoms with van der Waals surface area (Å²) in [5.41, 5.74) is 1.80. The molecule has 31 heavy (non-hydrogen) atoms. The van der Waals surface area contributed by atoms with Gasteiger partial charge in [0.25, 0.3) is 5.91 Å². The number of aromatic nitrogens is 1. The molecule has 0 spiro atoms. The van der Waals surface area contributed by atoms with Crippen LogP contribution in [0.4, 0.5) is 0 Å². The van der Waals surface area contributed by atoms with Crippen molar-refractivity contribution in [2.75, 3.05) is 27.9 Å². The summed E-state index contributed by atoms with van der Waals surface area (Å²) in [6.07, 6.45) is 0.799. The fourth-order valence-corrected chi connectivity index (χ4v) is 3.49. The van der Waals surface area contributed by atoms with Crippen molar-refractivity contribution in [2.24, 2.45) is 0 Å². The summed E-state index contributed by atoms with van der Waals surface area (Å²) in [5.74, 6) is 1.89. The Balaban J connectivity index is 1.87. The van der Waals surface area contributed by atoms with Crippen molar-refractivity contribution in [1.29, 1.82) is 0 Å². The minimum absolute atomic E-state index is 0.148. The van der Waals surface area contributed by atoms with Crippen molar-refractivity contribution in [3.05, 3.63) is 58.7 Å². The van der Waals surface area contributed by atoms with E-state index in [4.69, 9.17) is 30.3 Å². The largest absolute Gasteiger partial charge is 0.493 e. The molecule has 8 heteroatoms. The molecule has 3 rings (SSSR count). The minimum atomic E-state index is -0.148. The number of hydrogen-bond acceptors (Lipinski definition) is 6. The quantitative estimate of drug-likeness (QED) is 0.458. The molecule has 2 aromatic carbocycles. The molecule has 0 aliphatic carbocycles. The Morgan fingerprint density at radius 3 is 2.32 bits per heavy atom. The van der Waals surface area contributed by atoms with E-state index in [1.807, 2.05) is 6.92 Å². The van der Waals surface area contributed by atoms with E-state index < -0.39 is 0 Å². The third kappa shape index (κ3) is 4.94. The van der Waals surface area contributed by atoms with Crippen LogP contribution >= 0.6 is 11.6 Å². The van der Waals surface area contributed by atoms with Crippen LogP contribution in [0.5, 0.6) is 17.2 Å². The lowest BCUT2D eigenvalue weighted by Gasteiger charge is -2.21. The second-order valence-corrected chi connectivity index (χ2v) is 7.21. The van der Waals surface area contributed by atoms with Gasteiger partial charge in [-0.05, 0) is 30.7 Å². The Kier molecular flexibility index (Phi) is 7.41. The maximum absolute atomic E-state index is 13.0. The van der Waals surface area contributed by atoms with Crippen LogP contribution in [0, 0.1) is 0 Å². The number of amides is 1. The van der Waals surface area contributed by atoms with E-state index in [2.05, 4.69) is 5.16 Å². The SMILES string of the molecule is CCCN(Cc1cc(-c2cc(OC)c(OC)c(OC)c2)on1)C(=O)c1ccccc1Cl. The summed E-state index contributed by atoms with van der Waals surface area (Å²) in [5, 5.41) is 4.57. The zero-order chi connectivity index (χ0) is 22.4. The highest BCUT2D eigenvalue weighted by atomic mass is 35.5. The van der Waals surface area contributed by atoms with E-state index >= 15 is 0 Å². The minimum Gasteiger partial charge on any atom is -0.493 e. The van der Waals surface area contributed by atoms with E-state index in [-0.39, 0.29) is 5.91 Å². The van der Waals surface area contributed by atoms with Gasteiger partial charge in [0, 0.05) is 18.2 Å². The lowest BCUT2D eigenvalue weighted by molar-refractivity contribution is 0.0740. The number of halogens is 1. The van der Waals surface area contributed by atoms with Gasteiger partial charge in [0.1, 0.15) is 5.69 Å². The third-order valence-corrected chi connectivity index (χ3v) is 5.08. The monoisotopic (exact) mass is 444 g/mol. The van der Waals surface area contributed by atoms with Gasteiger partial charge in [-0.1, -0.05) is 35.8 Å². The second kappa shape index (κ2) is 10.2. The summed E-state index contributed by atoms with van der Waals surface area (Å²) in [7, 11) is 4.65. The summed E-state index contributed by atoms with van der Waals surface area (Å²) in [6.45, 7) is 2.87. The van der Waals surface area contributed by atoms with Crippen molar-refractivity contribution in [2.45, 2.75) is 19.9 Å². The average Bonchev–Trinajstić information content (AvgIpc) is 3.26. The molecule has 0 saturated heterocycles. The Hall–Kier alpha value is -3.19. The molecule has 0 unspecified atom stereocenters. The standard InChI is InChI=1S/C23H25ClN2O5/c1-5-10-26(23(27)17-8-6-7-9-18(17)24)14-16-13-19(31-25-16)15-11-20(28-2)22(30-4)21(12-15)29-3/h6-9,11-13H,5,10,14H2,1-4H3. The van der Waals surface area contributed by atoms with Gasteiger partial charge < -0.3 is 23.6 Å². The van der Waals surface area contributed by atoms with Crippen molar-refractivity contribution in [3.8, 4) is 28.6 Å². The van der Waals surface area contributed by atoms with Crippen molar-refractivity contribution < 1.29 is 23.5 Å². The molecule has 3 aromatic rings. The van der Waals surface area contributed by atoms with Crippen LogP contribution in [-0.4, -0.2) is 43.8 Å². The van der Waals surface area contributed by atoms with Crippen LogP contribution in [-0.2, 0) is 6.54 Å². The van der Waals surface area contributed by atoms with Gasteiger partial charge in [-0.2, -0.15) is 0 Å². The van der Waals surface area contributed by atoms with E-state index in [9.17, 15) is 4.79 Å². The molecule has 0 radical (unpaired) electrons. The number of ether oxygens (including phenoxy) is 3. The van der Waals surface area contributed by atoms with Crippen LogP contribution in [0.25, 0.3) is 11.3 Å². The maximum atomic E-state index is 13.0. The first-order chi connectivity index (χ1) is 15.0. The Bertz CT molecular complexity index is 1020. The zero-order valence-corrected chi connectivity index (χ0v) is 18.7. The molecule has 0 saturated carbocycles. The van der Waals surface area contributed by atoms with Crippen molar-refractivity contribution in [1.82, 2.24) is 10.1 Å². The maximum Gasteiger partial charge on any atom is 0.255 e. The number of carbonyl (C=O) groups excluding carboxylic acids is 1. The van der Waals surface area contributed by atoms with Crippen LogP contribution in [0.2, 0.25) is 5.02 Å². The van der Waals surface area contributed by atoms with E-state index in [1.165, 1.54) is 0 Å². The summed E-state index contributed by atoms with van der Waals surface area (Å²) < 4.78 is 21.7. The van der Waals surface area contributed by atoms with E-state index in [0.717, 1.165) is 6.42 Å². The van der Waals surface area contributed by atoms with Gasteiger partial charge in [-0.25, -0.2) is 0 Å². The smallest absolute Gasteiger partial charge is 0.255 e. The lowest BCUT2D eigenvalue weighted by Crippen LogP contribution is -2.31. The highest BCUT2D eigenvalue weighted by Crippen LogP contribution is 2.41. The zero-order valence-electron chi connectivity index (χ0n) is 18.0. The van der Waals surface area contributed by atoms with Crippen LogP contribution in [0.3, 0.4) is 0 Å². The first kappa shape index (κ1) is 22.5. The van der Waals surface area contributed by atoms with Crippen LogP contribution in [0.15, 0.2) is 47.0 Å². The molecule has 1 amide bonds. The molecule has 7 nitrogen and oxygen atoms in total. The Morgan fingerprint density at radius 2 is 1.74 bits per heavy atom. The first-order valence-corrected chi connectivity index (χ1v) is 10.2. The number of hydrogen-bond donors (Lipinski definition) is 0. The van der Waals surface area contributed by atoms with Gasteiger partial charge >= 0.3 is 0 Å². The first-order valence-electron chi connectivity index (χ1n) is 9.82. The molecular weight excluding hydrogens is 420 g/mol. The van der Waals surface area contributed by atoms with Crippen molar-refractivity contribution in [3.63, 3.8) is 0 Å².